The van der Waals surface area contributed by atoms with Crippen molar-refractivity contribution < 1.29 is 23.5 Å². The van der Waals surface area contributed by atoms with E-state index in [2.05, 4.69) is 4.98 Å². The Morgan fingerprint density at radius 1 is 1.18 bits per heavy atom. The van der Waals surface area contributed by atoms with Gasteiger partial charge < -0.3 is 19.4 Å². The monoisotopic (exact) mass is 382 g/mol. The number of esters is 1. The summed E-state index contributed by atoms with van der Waals surface area (Å²) in [4.78, 5) is 29.3. The predicted molar refractivity (Wildman–Crippen MR) is 100 cm³/mol. The van der Waals surface area contributed by atoms with E-state index in [1.807, 2.05) is 24.3 Å². The maximum atomic E-state index is 13.1. The lowest BCUT2D eigenvalue weighted by molar-refractivity contribution is -0.142. The molecule has 1 aliphatic heterocycles. The van der Waals surface area contributed by atoms with Crippen LogP contribution in [0.15, 0.2) is 54.6 Å². The first-order chi connectivity index (χ1) is 13.6. The summed E-state index contributed by atoms with van der Waals surface area (Å²) < 4.78 is 23.9. The highest BCUT2D eigenvalue weighted by molar-refractivity contribution is 5.95. The van der Waals surface area contributed by atoms with E-state index in [1.165, 1.54) is 12.1 Å². The Labute approximate surface area is 160 Å². The molecule has 4 rings (SSSR count). The number of aromatic nitrogens is 1. The number of amides is 1. The number of rotatable bonds is 4. The molecule has 2 heterocycles. The molecule has 3 aromatic rings. The molecule has 1 amide bonds. The fourth-order valence-corrected chi connectivity index (χ4v) is 3.23. The smallest absolute Gasteiger partial charge is 0.355 e. The first kappa shape index (κ1) is 18.2. The van der Waals surface area contributed by atoms with Gasteiger partial charge in [0.25, 0.3) is 5.91 Å². The van der Waals surface area contributed by atoms with E-state index in [-0.39, 0.29) is 24.4 Å². The second-order valence-electron chi connectivity index (χ2n) is 6.60. The number of halogens is 1. The first-order valence-corrected chi connectivity index (χ1v) is 9.00. The molecule has 0 radical (unpaired) electrons. The number of nitrogens with zero attached hydrogens (tertiary/aromatic N) is 1. The molecule has 1 unspecified atom stereocenters. The van der Waals surface area contributed by atoms with Crippen molar-refractivity contribution in [2.45, 2.75) is 6.10 Å². The molecule has 6 nitrogen and oxygen atoms in total. The van der Waals surface area contributed by atoms with E-state index in [1.54, 1.807) is 23.1 Å². The molecule has 28 heavy (non-hydrogen) atoms. The van der Waals surface area contributed by atoms with Gasteiger partial charge in [0.1, 0.15) is 17.6 Å². The number of hydrogen-bond donors (Lipinski definition) is 1. The van der Waals surface area contributed by atoms with Crippen LogP contribution >= 0.6 is 0 Å². The van der Waals surface area contributed by atoms with Crippen LogP contribution in [0.3, 0.4) is 0 Å². The second kappa shape index (κ2) is 7.82. The molecular weight excluding hydrogens is 363 g/mol. The highest BCUT2D eigenvalue weighted by Gasteiger charge is 2.26. The second-order valence-corrected chi connectivity index (χ2v) is 6.60. The Morgan fingerprint density at radius 3 is 2.75 bits per heavy atom. The number of carbonyl (C=O) groups is 2. The number of benzene rings is 2. The number of nitrogens with one attached hydrogen (secondary N) is 1. The largest absolute Gasteiger partial charge is 0.451 e. The van der Waals surface area contributed by atoms with Gasteiger partial charge in [-0.2, -0.15) is 0 Å². The maximum Gasteiger partial charge on any atom is 0.355 e. The summed E-state index contributed by atoms with van der Waals surface area (Å²) in [5.74, 6) is -1.19. The van der Waals surface area contributed by atoms with Gasteiger partial charge >= 0.3 is 5.97 Å². The van der Waals surface area contributed by atoms with Gasteiger partial charge in [0.05, 0.1) is 13.2 Å². The minimum absolute atomic E-state index is 0.292. The number of hydrogen-bond acceptors (Lipinski definition) is 4. The van der Waals surface area contributed by atoms with Crippen LogP contribution in [0, 0.1) is 5.82 Å². The molecule has 1 atom stereocenters. The van der Waals surface area contributed by atoms with Crippen molar-refractivity contribution in [3.63, 3.8) is 0 Å². The molecule has 7 heteroatoms. The van der Waals surface area contributed by atoms with E-state index in [0.29, 0.717) is 25.4 Å². The average molecular weight is 382 g/mol. The SMILES string of the molecule is O=C(OCC(=O)N1CCOC(c2ccc(F)cc2)C1)c1cc2ccccc2[nH]1. The third kappa shape index (κ3) is 3.89. The quantitative estimate of drug-likeness (QED) is 0.704. The molecule has 0 aliphatic carbocycles. The van der Waals surface area contributed by atoms with E-state index in [4.69, 9.17) is 9.47 Å². The fourth-order valence-electron chi connectivity index (χ4n) is 3.23. The number of fused-ring (bicyclic) bond motifs is 1. The molecule has 0 bridgehead atoms. The molecule has 2 aromatic carbocycles. The Bertz CT molecular complexity index is 966. The van der Waals surface area contributed by atoms with Crippen LogP contribution < -0.4 is 0 Å². The van der Waals surface area contributed by atoms with Crippen molar-refractivity contribution in [3.05, 3.63) is 71.7 Å². The Hall–Kier alpha value is -3.19. The molecule has 1 aromatic heterocycles. The van der Waals surface area contributed by atoms with Crippen LogP contribution in [-0.4, -0.2) is 48.1 Å². The third-order valence-electron chi connectivity index (χ3n) is 4.74. The summed E-state index contributed by atoms with van der Waals surface area (Å²) in [7, 11) is 0. The third-order valence-corrected chi connectivity index (χ3v) is 4.74. The number of carbonyl (C=O) groups excluding carboxylic acids is 2. The Balaban J connectivity index is 1.35. The Kier molecular flexibility index (Phi) is 5.08. The molecule has 144 valence electrons. The zero-order chi connectivity index (χ0) is 19.5. The lowest BCUT2D eigenvalue weighted by Gasteiger charge is -2.33. The minimum atomic E-state index is -0.576. The van der Waals surface area contributed by atoms with E-state index in [9.17, 15) is 14.0 Å². The van der Waals surface area contributed by atoms with Crippen molar-refractivity contribution in [1.29, 1.82) is 0 Å². The average Bonchev–Trinajstić information content (AvgIpc) is 3.17. The molecule has 1 aliphatic rings. The first-order valence-electron chi connectivity index (χ1n) is 9.00. The van der Waals surface area contributed by atoms with Gasteiger partial charge in [0, 0.05) is 17.4 Å². The molecule has 1 saturated heterocycles. The number of H-pyrrole nitrogens is 1. The van der Waals surface area contributed by atoms with Crippen LogP contribution in [0.1, 0.15) is 22.2 Å². The molecule has 0 spiro atoms. The number of morpholine rings is 1. The minimum Gasteiger partial charge on any atom is -0.451 e. The summed E-state index contributed by atoms with van der Waals surface area (Å²) >= 11 is 0. The summed E-state index contributed by atoms with van der Waals surface area (Å²) in [6.45, 7) is 0.767. The van der Waals surface area contributed by atoms with Crippen molar-refractivity contribution in [2.75, 3.05) is 26.3 Å². The lowest BCUT2D eigenvalue weighted by Crippen LogP contribution is -2.44. The summed E-state index contributed by atoms with van der Waals surface area (Å²) in [5, 5.41) is 0.899. The van der Waals surface area contributed by atoms with Crippen molar-refractivity contribution in [1.82, 2.24) is 9.88 Å². The van der Waals surface area contributed by atoms with Gasteiger partial charge in [0.15, 0.2) is 6.61 Å². The van der Waals surface area contributed by atoms with Crippen LogP contribution in [0.25, 0.3) is 10.9 Å². The Morgan fingerprint density at radius 2 is 1.96 bits per heavy atom. The van der Waals surface area contributed by atoms with Gasteiger partial charge in [-0.05, 0) is 29.8 Å². The molecule has 1 fully saturated rings. The molecule has 0 saturated carbocycles. The van der Waals surface area contributed by atoms with E-state index >= 15 is 0 Å². The fraction of sp³-hybridized carbons (Fsp3) is 0.238. The van der Waals surface area contributed by atoms with Gasteiger partial charge in [0.2, 0.25) is 0 Å². The molecular formula is C21H19FN2O4. The number of para-hydroxylation sites is 1. The van der Waals surface area contributed by atoms with Gasteiger partial charge in [-0.3, -0.25) is 4.79 Å². The van der Waals surface area contributed by atoms with Gasteiger partial charge in [-0.1, -0.05) is 30.3 Å². The molecule has 1 N–H and O–H groups in total. The van der Waals surface area contributed by atoms with Crippen LogP contribution in [0.5, 0.6) is 0 Å². The highest BCUT2D eigenvalue weighted by Crippen LogP contribution is 2.22. The van der Waals surface area contributed by atoms with Gasteiger partial charge in [-0.25, -0.2) is 9.18 Å². The number of aromatic amines is 1. The topological polar surface area (TPSA) is 71.6 Å². The van der Waals surface area contributed by atoms with Crippen molar-refractivity contribution in [3.8, 4) is 0 Å². The predicted octanol–water partition coefficient (Wildman–Crippen LogP) is 3.06. The van der Waals surface area contributed by atoms with Crippen molar-refractivity contribution >= 4 is 22.8 Å². The lowest BCUT2D eigenvalue weighted by atomic mass is 10.1. The zero-order valence-electron chi connectivity index (χ0n) is 15.1. The summed E-state index contributed by atoms with van der Waals surface area (Å²) in [5.41, 5.74) is 1.94. The van der Waals surface area contributed by atoms with E-state index < -0.39 is 5.97 Å². The number of ether oxygens (including phenoxy) is 2. The normalized spacial score (nSPS) is 16.9. The summed E-state index contributed by atoms with van der Waals surface area (Å²) in [6.07, 6.45) is -0.331. The van der Waals surface area contributed by atoms with Crippen LogP contribution in [0.4, 0.5) is 4.39 Å². The zero-order valence-corrected chi connectivity index (χ0v) is 15.1. The maximum absolute atomic E-state index is 13.1. The van der Waals surface area contributed by atoms with Crippen LogP contribution in [-0.2, 0) is 14.3 Å². The van der Waals surface area contributed by atoms with Gasteiger partial charge in [-0.15, -0.1) is 0 Å². The standard InChI is InChI=1S/C21H19FN2O4/c22-16-7-5-14(6-8-16)19-12-24(9-10-27-19)20(25)13-28-21(26)18-11-15-3-1-2-4-17(15)23-18/h1-8,11,19,23H,9-10,12-13H2. The van der Waals surface area contributed by atoms with Crippen molar-refractivity contribution in [2.24, 2.45) is 0 Å². The summed E-state index contributed by atoms with van der Waals surface area (Å²) in [6, 6.07) is 15.2. The van der Waals surface area contributed by atoms with Crippen LogP contribution in [0.2, 0.25) is 0 Å². The highest BCUT2D eigenvalue weighted by atomic mass is 19.1. The van der Waals surface area contributed by atoms with E-state index in [0.717, 1.165) is 16.5 Å².